The van der Waals surface area contributed by atoms with E-state index in [1.54, 1.807) is 0 Å². The van der Waals surface area contributed by atoms with Crippen LogP contribution >= 0.6 is 11.3 Å². The Morgan fingerprint density at radius 2 is 2.11 bits per heavy atom. The van der Waals surface area contributed by atoms with Crippen molar-refractivity contribution in [1.82, 2.24) is 15.0 Å². The topological polar surface area (TPSA) is 118 Å². The SMILES string of the molecule is O=C(O)O[C@@H]1CCCN1C(=O)Nc1sc2c(c1-c1nc(C3CC3)no1)CCC2. The number of anilines is 1. The maximum Gasteiger partial charge on any atom is 0.507 e. The van der Waals surface area contributed by atoms with Gasteiger partial charge in [0.2, 0.25) is 0 Å². The van der Waals surface area contributed by atoms with Crippen molar-refractivity contribution in [2.24, 2.45) is 0 Å². The summed E-state index contributed by atoms with van der Waals surface area (Å²) in [5, 5.41) is 16.6. The number of hydrogen-bond acceptors (Lipinski definition) is 7. The van der Waals surface area contributed by atoms with Gasteiger partial charge in [0.05, 0.1) is 5.56 Å². The number of carbonyl (C=O) groups is 2. The van der Waals surface area contributed by atoms with Gasteiger partial charge >= 0.3 is 12.2 Å². The van der Waals surface area contributed by atoms with E-state index >= 15 is 0 Å². The Morgan fingerprint density at radius 1 is 1.25 bits per heavy atom. The number of nitrogens with zero attached hydrogens (tertiary/aromatic N) is 3. The number of urea groups is 1. The number of carboxylic acid groups (broad SMARTS) is 1. The lowest BCUT2D eigenvalue weighted by atomic mass is 10.1. The van der Waals surface area contributed by atoms with E-state index in [4.69, 9.17) is 14.4 Å². The van der Waals surface area contributed by atoms with Crippen LogP contribution in [0.1, 0.15) is 54.3 Å². The third-order valence-electron chi connectivity index (χ3n) is 5.44. The van der Waals surface area contributed by atoms with Crippen molar-refractivity contribution in [3.8, 4) is 11.5 Å². The standard InChI is InChI=1S/C18H20N4O5S/c23-17(22-8-2-5-12(22)26-18(24)25)20-16-13(10-3-1-4-11(10)28-16)15-19-14(21-27-15)9-6-7-9/h9,12H,1-8H2,(H,20,23)(H,24,25)/t12-/m1/s1. The molecule has 2 aromatic heterocycles. The van der Waals surface area contributed by atoms with Gasteiger partial charge in [-0.15, -0.1) is 11.3 Å². The second-order valence-corrected chi connectivity index (χ2v) is 8.50. The second-order valence-electron chi connectivity index (χ2n) is 7.40. The Balaban J connectivity index is 1.42. The molecule has 1 saturated carbocycles. The highest BCUT2D eigenvalue weighted by Gasteiger charge is 2.35. The van der Waals surface area contributed by atoms with Crippen LogP contribution in [-0.4, -0.2) is 45.1 Å². The highest BCUT2D eigenvalue weighted by molar-refractivity contribution is 7.17. The minimum Gasteiger partial charge on any atom is -0.450 e. The molecule has 148 valence electrons. The quantitative estimate of drug-likeness (QED) is 0.744. The molecule has 10 heteroatoms. The minimum atomic E-state index is -1.38. The van der Waals surface area contributed by atoms with Gasteiger partial charge in [-0.05, 0) is 44.1 Å². The summed E-state index contributed by atoms with van der Waals surface area (Å²) in [6, 6.07) is -0.369. The van der Waals surface area contributed by atoms with Crippen molar-refractivity contribution in [1.29, 1.82) is 0 Å². The van der Waals surface area contributed by atoms with E-state index in [1.807, 2.05) is 0 Å². The van der Waals surface area contributed by atoms with E-state index in [9.17, 15) is 9.59 Å². The van der Waals surface area contributed by atoms with Gasteiger partial charge in [0.25, 0.3) is 5.89 Å². The fourth-order valence-electron chi connectivity index (χ4n) is 3.94. The summed E-state index contributed by atoms with van der Waals surface area (Å²) in [6.07, 6.45) is 4.22. The molecule has 2 aliphatic carbocycles. The van der Waals surface area contributed by atoms with Gasteiger partial charge in [0.15, 0.2) is 12.1 Å². The van der Waals surface area contributed by atoms with Gasteiger partial charge in [-0.1, -0.05) is 5.16 Å². The molecule has 2 aromatic rings. The molecule has 9 nitrogen and oxygen atoms in total. The average molecular weight is 404 g/mol. The lowest BCUT2D eigenvalue weighted by Gasteiger charge is -2.23. The summed E-state index contributed by atoms with van der Waals surface area (Å²) >= 11 is 1.54. The van der Waals surface area contributed by atoms with Crippen molar-refractivity contribution >= 4 is 28.5 Å². The number of aryl methyl sites for hydroxylation is 1. The Kier molecular flexibility index (Phi) is 4.22. The number of fused-ring (bicyclic) bond motifs is 1. The smallest absolute Gasteiger partial charge is 0.450 e. The van der Waals surface area contributed by atoms with Crippen LogP contribution in [0.15, 0.2) is 4.52 Å². The van der Waals surface area contributed by atoms with Crippen molar-refractivity contribution in [3.63, 3.8) is 0 Å². The van der Waals surface area contributed by atoms with Gasteiger partial charge in [-0.25, -0.2) is 9.59 Å². The molecular formula is C18H20N4O5S. The first kappa shape index (κ1) is 17.5. The first-order valence-electron chi connectivity index (χ1n) is 9.56. The van der Waals surface area contributed by atoms with Crippen LogP contribution in [0.5, 0.6) is 0 Å². The number of carbonyl (C=O) groups excluding carboxylic acids is 1. The normalized spacial score (nSPS) is 21.0. The summed E-state index contributed by atoms with van der Waals surface area (Å²) in [7, 11) is 0. The number of amides is 2. The average Bonchev–Trinajstić information content (AvgIpc) is 3.04. The molecule has 1 atom stereocenters. The predicted octanol–water partition coefficient (Wildman–Crippen LogP) is 3.81. The number of nitrogens with one attached hydrogen (secondary N) is 1. The minimum absolute atomic E-state index is 0.369. The number of aromatic nitrogens is 2. The van der Waals surface area contributed by atoms with Crippen molar-refractivity contribution in [3.05, 3.63) is 16.3 Å². The molecule has 0 spiro atoms. The van der Waals surface area contributed by atoms with Gasteiger partial charge in [0.1, 0.15) is 5.00 Å². The van der Waals surface area contributed by atoms with Crippen LogP contribution in [-0.2, 0) is 17.6 Å². The Labute approximate surface area is 164 Å². The zero-order valence-electron chi connectivity index (χ0n) is 15.1. The Bertz CT molecular complexity index is 935. The lowest BCUT2D eigenvalue weighted by Crippen LogP contribution is -2.40. The van der Waals surface area contributed by atoms with Crippen LogP contribution in [0.2, 0.25) is 0 Å². The molecule has 3 aliphatic rings. The fraction of sp³-hybridized carbons (Fsp3) is 0.556. The zero-order chi connectivity index (χ0) is 19.3. The summed E-state index contributed by atoms with van der Waals surface area (Å²) < 4.78 is 10.4. The summed E-state index contributed by atoms with van der Waals surface area (Å²) in [5.74, 6) is 1.58. The fourth-order valence-corrected chi connectivity index (χ4v) is 5.21. The highest BCUT2D eigenvalue weighted by Crippen LogP contribution is 2.46. The first-order valence-corrected chi connectivity index (χ1v) is 10.4. The summed E-state index contributed by atoms with van der Waals surface area (Å²) in [5.41, 5.74) is 1.99. The van der Waals surface area contributed by atoms with Crippen molar-refractivity contribution in [2.45, 2.75) is 57.1 Å². The van der Waals surface area contributed by atoms with Gasteiger partial charge in [-0.2, -0.15) is 4.98 Å². The maximum absolute atomic E-state index is 12.8. The third-order valence-corrected chi connectivity index (χ3v) is 6.64. The predicted molar refractivity (Wildman–Crippen MR) is 99.5 cm³/mol. The maximum atomic E-state index is 12.8. The highest BCUT2D eigenvalue weighted by atomic mass is 32.1. The van der Waals surface area contributed by atoms with E-state index in [2.05, 4.69) is 15.5 Å². The summed E-state index contributed by atoms with van der Waals surface area (Å²) in [6.45, 7) is 0.455. The molecule has 0 radical (unpaired) electrons. The molecule has 3 heterocycles. The van der Waals surface area contributed by atoms with Crippen molar-refractivity contribution in [2.75, 3.05) is 11.9 Å². The van der Waals surface area contributed by atoms with E-state index in [-0.39, 0.29) is 6.03 Å². The number of hydrogen-bond donors (Lipinski definition) is 2. The molecule has 0 bridgehead atoms. The number of ether oxygens (including phenoxy) is 1. The second kappa shape index (κ2) is 6.77. The van der Waals surface area contributed by atoms with Crippen LogP contribution in [0, 0.1) is 0 Å². The monoisotopic (exact) mass is 404 g/mol. The molecule has 0 aromatic carbocycles. The molecule has 2 N–H and O–H groups in total. The molecule has 28 heavy (non-hydrogen) atoms. The molecule has 1 aliphatic heterocycles. The van der Waals surface area contributed by atoms with Crippen molar-refractivity contribution < 1.29 is 24.0 Å². The number of likely N-dealkylation sites (tertiary alicyclic amines) is 1. The Morgan fingerprint density at radius 3 is 2.89 bits per heavy atom. The van der Waals surface area contributed by atoms with E-state index in [0.29, 0.717) is 36.2 Å². The summed E-state index contributed by atoms with van der Waals surface area (Å²) in [4.78, 5) is 30.9. The van der Waals surface area contributed by atoms with Crippen LogP contribution in [0.4, 0.5) is 14.6 Å². The molecule has 2 amide bonds. The van der Waals surface area contributed by atoms with Crippen LogP contribution in [0.3, 0.4) is 0 Å². The largest absolute Gasteiger partial charge is 0.507 e. The molecule has 5 rings (SSSR count). The van der Waals surface area contributed by atoms with Crippen LogP contribution < -0.4 is 5.32 Å². The third kappa shape index (κ3) is 3.11. The van der Waals surface area contributed by atoms with Gasteiger partial charge in [-0.3, -0.25) is 10.2 Å². The molecule has 2 fully saturated rings. The van der Waals surface area contributed by atoms with Gasteiger partial charge < -0.3 is 14.4 Å². The number of rotatable bonds is 4. The van der Waals surface area contributed by atoms with E-state index in [0.717, 1.165) is 43.5 Å². The molecule has 0 unspecified atom stereocenters. The molecular weight excluding hydrogens is 384 g/mol. The number of thiophene rings is 1. The molecule has 1 saturated heterocycles. The Hall–Kier alpha value is -2.62. The first-order chi connectivity index (χ1) is 13.6. The van der Waals surface area contributed by atoms with Crippen LogP contribution in [0.25, 0.3) is 11.5 Å². The van der Waals surface area contributed by atoms with E-state index in [1.165, 1.54) is 26.7 Å². The lowest BCUT2D eigenvalue weighted by molar-refractivity contribution is 0.00507. The van der Waals surface area contributed by atoms with Gasteiger partial charge in [0, 0.05) is 23.8 Å². The van der Waals surface area contributed by atoms with E-state index < -0.39 is 12.4 Å². The zero-order valence-corrected chi connectivity index (χ0v) is 16.0.